The third kappa shape index (κ3) is 6.40. The molecule has 0 radical (unpaired) electrons. The van der Waals surface area contributed by atoms with Crippen molar-refractivity contribution in [1.29, 1.82) is 0 Å². The van der Waals surface area contributed by atoms with Crippen LogP contribution in [0.3, 0.4) is 0 Å². The van der Waals surface area contributed by atoms with Gasteiger partial charge in [-0.15, -0.1) is 0 Å². The van der Waals surface area contributed by atoms with E-state index in [0.717, 1.165) is 43.0 Å². The summed E-state index contributed by atoms with van der Waals surface area (Å²) in [5.41, 5.74) is 3.83. The molecule has 1 aromatic heterocycles. The Morgan fingerprint density at radius 2 is 1.61 bits per heavy atom. The second kappa shape index (κ2) is 12.6. The van der Waals surface area contributed by atoms with Crippen LogP contribution in [0.1, 0.15) is 47.1 Å². The van der Waals surface area contributed by atoms with Crippen molar-refractivity contribution >= 4 is 42.5 Å². The van der Waals surface area contributed by atoms with Gasteiger partial charge in [0.15, 0.2) is 0 Å². The normalized spacial score (nSPS) is 16.4. The summed E-state index contributed by atoms with van der Waals surface area (Å²) < 4.78 is 12.8. The molecule has 216 valence electrons. The minimum absolute atomic E-state index is 0.0171. The fourth-order valence-corrected chi connectivity index (χ4v) is 7.34. The summed E-state index contributed by atoms with van der Waals surface area (Å²) >= 11 is -1.42. The molecule has 1 saturated heterocycles. The van der Waals surface area contributed by atoms with E-state index in [0.29, 0.717) is 15.7 Å². The maximum absolute atomic E-state index is 13.5. The molecule has 5 rings (SSSR count). The number of carbonyl (C=O) groups is 3. The van der Waals surface area contributed by atoms with Crippen molar-refractivity contribution in [2.45, 2.75) is 39.1 Å². The second-order valence-corrected chi connectivity index (χ2v) is 13.1. The van der Waals surface area contributed by atoms with Crippen LogP contribution < -0.4 is 9.38 Å². The summed E-state index contributed by atoms with van der Waals surface area (Å²) in [5.74, 6) is -0.213. The molecular weight excluding hydrogens is 585 g/mol. The van der Waals surface area contributed by atoms with Gasteiger partial charge in [-0.1, -0.05) is 0 Å². The van der Waals surface area contributed by atoms with Gasteiger partial charge in [0, 0.05) is 0 Å². The summed E-state index contributed by atoms with van der Waals surface area (Å²) in [6.07, 6.45) is -1.72. The SMILES string of the molecule is CO[C@@H](C(=O)N1Cc2c([AsH]C(=O)c3ccc(N4CCN(C)CC4)cc3)nn(C(=O)OC(C)C)c2C1)c1ccccc1. The minimum atomic E-state index is -1.42. The van der Waals surface area contributed by atoms with E-state index in [1.165, 1.54) is 11.8 Å². The van der Waals surface area contributed by atoms with Gasteiger partial charge in [-0.05, 0) is 0 Å². The van der Waals surface area contributed by atoms with Crippen molar-refractivity contribution in [1.82, 2.24) is 19.6 Å². The van der Waals surface area contributed by atoms with Crippen molar-refractivity contribution in [2.75, 3.05) is 45.2 Å². The zero-order valence-electron chi connectivity index (χ0n) is 23.9. The number of piperazine rings is 1. The van der Waals surface area contributed by atoms with E-state index in [1.807, 2.05) is 54.6 Å². The molecule has 41 heavy (non-hydrogen) atoms. The monoisotopic (exact) mass is 621 g/mol. The van der Waals surface area contributed by atoms with Gasteiger partial charge in [0.25, 0.3) is 0 Å². The number of nitrogens with zero attached hydrogens (tertiary/aromatic N) is 5. The van der Waals surface area contributed by atoms with E-state index < -0.39 is 27.9 Å². The number of aromatic nitrogens is 2. The molecule has 2 aliphatic heterocycles. The predicted molar refractivity (Wildman–Crippen MR) is 157 cm³/mol. The van der Waals surface area contributed by atoms with E-state index in [9.17, 15) is 14.4 Å². The molecule has 0 N–H and O–H groups in total. The Balaban J connectivity index is 1.36. The second-order valence-electron chi connectivity index (χ2n) is 10.6. The summed E-state index contributed by atoms with van der Waals surface area (Å²) in [4.78, 5) is 46.2. The van der Waals surface area contributed by atoms with Crippen molar-refractivity contribution in [2.24, 2.45) is 0 Å². The number of carbonyl (C=O) groups excluding carboxylic acids is 3. The Kier molecular flexibility index (Phi) is 8.92. The standard InChI is InChI=1S/C30H36AsN5O5/c1-20(2)41-30(39)36-25-19-35(29(38)26(40-4)21-8-6-5-7-9-21)18-24(25)27(32-36)31-28(37)22-10-12-23(13-11-22)34-16-14-33(3)15-17-34/h5-13,20,26,31H,14-19H2,1-4H3/t26-/m1/s1. The number of methoxy groups -OCH3 is 1. The van der Waals surface area contributed by atoms with Crippen molar-refractivity contribution in [3.05, 3.63) is 77.0 Å². The molecule has 3 aromatic rings. The molecular formula is C30H36AsN5O5. The summed E-state index contributed by atoms with van der Waals surface area (Å²) in [6, 6.07) is 17.1. The number of likely N-dealkylation sites (N-methyl/N-ethyl adjacent to an activating group) is 1. The molecule has 0 bridgehead atoms. The van der Waals surface area contributed by atoms with Gasteiger partial charge in [0.05, 0.1) is 0 Å². The van der Waals surface area contributed by atoms with Gasteiger partial charge in [-0.2, -0.15) is 0 Å². The van der Waals surface area contributed by atoms with Crippen LogP contribution in [-0.2, 0) is 27.4 Å². The van der Waals surface area contributed by atoms with Crippen LogP contribution in [0.25, 0.3) is 0 Å². The van der Waals surface area contributed by atoms with Crippen LogP contribution in [0.2, 0.25) is 0 Å². The van der Waals surface area contributed by atoms with Crippen molar-refractivity contribution < 1.29 is 23.9 Å². The summed E-state index contributed by atoms with van der Waals surface area (Å²) in [7, 11) is 3.63. The number of hydrogen-bond donors (Lipinski definition) is 0. The Morgan fingerprint density at radius 3 is 2.24 bits per heavy atom. The fraction of sp³-hybridized carbons (Fsp3) is 0.400. The van der Waals surface area contributed by atoms with Crippen LogP contribution in [0, 0.1) is 0 Å². The van der Waals surface area contributed by atoms with Crippen LogP contribution in [0.5, 0.6) is 0 Å². The fourth-order valence-electron chi connectivity index (χ4n) is 5.14. The summed E-state index contributed by atoms with van der Waals surface area (Å²) in [5, 5.41) is 4.56. The molecule has 11 heteroatoms. The van der Waals surface area contributed by atoms with E-state index in [2.05, 4.69) is 21.9 Å². The van der Waals surface area contributed by atoms with Gasteiger partial charge in [-0.25, -0.2) is 0 Å². The van der Waals surface area contributed by atoms with Crippen LogP contribution in [0.4, 0.5) is 10.5 Å². The first-order valence-electron chi connectivity index (χ1n) is 13.8. The van der Waals surface area contributed by atoms with E-state index >= 15 is 0 Å². The van der Waals surface area contributed by atoms with Gasteiger partial charge in [0.2, 0.25) is 0 Å². The Hall–Kier alpha value is -3.46. The molecule has 0 aliphatic carbocycles. The summed E-state index contributed by atoms with van der Waals surface area (Å²) in [6.45, 7) is 7.90. The quantitative estimate of drug-likeness (QED) is 0.354. The Bertz CT molecular complexity index is 1400. The zero-order valence-corrected chi connectivity index (χ0v) is 26.0. The molecule has 10 nitrogen and oxygen atoms in total. The first-order valence-corrected chi connectivity index (χ1v) is 15.9. The van der Waals surface area contributed by atoms with Crippen molar-refractivity contribution in [3.63, 3.8) is 0 Å². The van der Waals surface area contributed by atoms with E-state index in [-0.39, 0.29) is 29.7 Å². The van der Waals surface area contributed by atoms with Gasteiger partial charge in [0.1, 0.15) is 0 Å². The zero-order chi connectivity index (χ0) is 29.1. The Morgan fingerprint density at radius 1 is 0.927 bits per heavy atom. The third-order valence-corrected chi connectivity index (χ3v) is 9.81. The van der Waals surface area contributed by atoms with Gasteiger partial charge >= 0.3 is 247 Å². The van der Waals surface area contributed by atoms with Gasteiger partial charge in [-0.3, -0.25) is 0 Å². The molecule has 0 saturated carbocycles. The third-order valence-electron chi connectivity index (χ3n) is 7.39. The number of rotatable bonds is 8. The van der Waals surface area contributed by atoms with Crippen LogP contribution >= 0.6 is 0 Å². The first-order chi connectivity index (χ1) is 19.7. The van der Waals surface area contributed by atoms with Crippen LogP contribution in [-0.4, -0.2) is 98.3 Å². The number of fused-ring (bicyclic) bond motifs is 1. The van der Waals surface area contributed by atoms with E-state index in [1.54, 1.807) is 18.7 Å². The topological polar surface area (TPSA) is 97.2 Å². The average Bonchev–Trinajstić information content (AvgIpc) is 3.55. The number of ether oxygens (including phenoxy) is 2. The molecule has 0 spiro atoms. The molecule has 2 atom stereocenters. The molecule has 2 aromatic carbocycles. The maximum atomic E-state index is 13.5. The number of hydrogen-bond acceptors (Lipinski definition) is 8. The molecule has 1 amide bonds. The predicted octanol–water partition coefficient (Wildman–Crippen LogP) is 2.16. The molecule has 2 aliphatic rings. The molecule has 1 fully saturated rings. The van der Waals surface area contributed by atoms with E-state index in [4.69, 9.17) is 9.47 Å². The van der Waals surface area contributed by atoms with Crippen LogP contribution in [0.15, 0.2) is 54.6 Å². The Labute approximate surface area is 246 Å². The molecule has 1 unspecified atom stereocenters. The number of benzene rings is 2. The molecule has 3 heterocycles. The average molecular weight is 622 g/mol. The van der Waals surface area contributed by atoms with Crippen molar-refractivity contribution in [3.8, 4) is 0 Å². The number of anilines is 1. The van der Waals surface area contributed by atoms with Gasteiger partial charge < -0.3 is 0 Å². The number of amides is 1. The first kappa shape index (κ1) is 29.0.